The number of carbonyl (C=O) groups is 2. The summed E-state index contributed by atoms with van der Waals surface area (Å²) < 4.78 is 0. The maximum Gasteiger partial charge on any atom is 0.257 e. The van der Waals surface area contributed by atoms with Gasteiger partial charge in [-0.1, -0.05) is 23.2 Å². The Morgan fingerprint density at radius 2 is 1.95 bits per heavy atom. The zero-order chi connectivity index (χ0) is 15.4. The first-order valence-corrected chi connectivity index (χ1v) is 7.21. The summed E-state index contributed by atoms with van der Waals surface area (Å²) in [6.07, 6.45) is 0.753. The highest BCUT2D eigenvalue weighted by Crippen LogP contribution is 2.18. The van der Waals surface area contributed by atoms with Crippen LogP contribution in [0.4, 0.5) is 0 Å². The minimum atomic E-state index is -0.372. The van der Waals surface area contributed by atoms with Crippen LogP contribution in [0.2, 0.25) is 10.3 Å². The molecule has 2 amide bonds. The van der Waals surface area contributed by atoms with E-state index in [-0.39, 0.29) is 34.2 Å². The maximum atomic E-state index is 12.5. The second kappa shape index (κ2) is 7.02. The Morgan fingerprint density at radius 1 is 1.19 bits per heavy atom. The van der Waals surface area contributed by atoms with E-state index in [4.69, 9.17) is 28.9 Å². The van der Waals surface area contributed by atoms with Crippen LogP contribution < -0.4 is 5.73 Å². The van der Waals surface area contributed by atoms with E-state index in [9.17, 15) is 9.59 Å². The summed E-state index contributed by atoms with van der Waals surface area (Å²) in [5.41, 5.74) is 5.42. The van der Waals surface area contributed by atoms with Gasteiger partial charge in [0.2, 0.25) is 5.91 Å². The molecule has 0 aromatic carbocycles. The van der Waals surface area contributed by atoms with E-state index in [1.165, 1.54) is 6.07 Å². The molecule has 1 aromatic heterocycles. The highest BCUT2D eigenvalue weighted by Gasteiger charge is 2.23. The van der Waals surface area contributed by atoms with Crippen LogP contribution in [0.5, 0.6) is 0 Å². The maximum absolute atomic E-state index is 12.5. The minimum absolute atomic E-state index is 0.0302. The van der Waals surface area contributed by atoms with Crippen molar-refractivity contribution < 1.29 is 9.59 Å². The van der Waals surface area contributed by atoms with Crippen molar-refractivity contribution in [1.82, 2.24) is 20.0 Å². The molecule has 9 heteroatoms. The van der Waals surface area contributed by atoms with Crippen LogP contribution in [0.1, 0.15) is 16.8 Å². The highest BCUT2D eigenvalue weighted by molar-refractivity contribution is 6.34. The van der Waals surface area contributed by atoms with E-state index < -0.39 is 0 Å². The molecule has 7 nitrogen and oxygen atoms in total. The van der Waals surface area contributed by atoms with Gasteiger partial charge >= 0.3 is 0 Å². The predicted octanol–water partition coefficient (Wildman–Crippen LogP) is 0.417. The lowest BCUT2D eigenvalue weighted by atomic mass is 10.2. The smallest absolute Gasteiger partial charge is 0.257 e. The minimum Gasteiger partial charge on any atom is -0.369 e. The first-order valence-electron chi connectivity index (χ1n) is 6.46. The molecule has 1 aromatic rings. The fraction of sp³-hybridized carbons (Fsp3) is 0.500. The molecular formula is C12H15Cl2N5O2. The molecule has 0 unspecified atom stereocenters. The lowest BCUT2D eigenvalue weighted by Gasteiger charge is -2.21. The molecule has 1 fully saturated rings. The third kappa shape index (κ3) is 4.26. The second-order valence-electron chi connectivity index (χ2n) is 4.76. The van der Waals surface area contributed by atoms with Crippen molar-refractivity contribution in [2.45, 2.75) is 6.42 Å². The Kier molecular flexibility index (Phi) is 5.33. The van der Waals surface area contributed by atoms with Gasteiger partial charge in [0.15, 0.2) is 10.3 Å². The molecule has 0 radical (unpaired) electrons. The number of amides is 2. The van der Waals surface area contributed by atoms with Crippen molar-refractivity contribution >= 4 is 35.0 Å². The average Bonchev–Trinajstić information content (AvgIpc) is 2.66. The molecule has 114 valence electrons. The van der Waals surface area contributed by atoms with Crippen LogP contribution in [-0.4, -0.2) is 64.5 Å². The SMILES string of the molecule is NC(=O)CN1CCCN(C(=O)c2cc(Cl)nnc2Cl)CC1. The van der Waals surface area contributed by atoms with Gasteiger partial charge < -0.3 is 10.6 Å². The molecule has 1 aliphatic heterocycles. The van der Waals surface area contributed by atoms with Gasteiger partial charge in [-0.3, -0.25) is 14.5 Å². The molecule has 1 saturated heterocycles. The quantitative estimate of drug-likeness (QED) is 0.866. The second-order valence-corrected chi connectivity index (χ2v) is 5.51. The van der Waals surface area contributed by atoms with E-state index in [0.717, 1.165) is 13.0 Å². The Balaban J connectivity index is 2.06. The van der Waals surface area contributed by atoms with E-state index in [0.29, 0.717) is 19.6 Å². The molecular weight excluding hydrogens is 317 g/mol. The van der Waals surface area contributed by atoms with Crippen LogP contribution in [-0.2, 0) is 4.79 Å². The third-order valence-electron chi connectivity index (χ3n) is 3.20. The van der Waals surface area contributed by atoms with Crippen molar-refractivity contribution in [3.63, 3.8) is 0 Å². The first-order chi connectivity index (χ1) is 9.97. The summed E-state index contributed by atoms with van der Waals surface area (Å²) in [7, 11) is 0. The number of carbonyl (C=O) groups excluding carboxylic acids is 2. The number of primary amides is 1. The van der Waals surface area contributed by atoms with Gasteiger partial charge in [-0.25, -0.2) is 0 Å². The number of hydrogen-bond donors (Lipinski definition) is 1. The Bertz CT molecular complexity index is 554. The highest BCUT2D eigenvalue weighted by atomic mass is 35.5. The molecule has 1 aliphatic rings. The van der Waals surface area contributed by atoms with Crippen LogP contribution in [0.3, 0.4) is 0 Å². The Labute approximate surface area is 132 Å². The van der Waals surface area contributed by atoms with E-state index in [2.05, 4.69) is 10.2 Å². The number of halogens is 2. The number of nitrogens with zero attached hydrogens (tertiary/aromatic N) is 4. The van der Waals surface area contributed by atoms with Crippen LogP contribution in [0.25, 0.3) is 0 Å². The van der Waals surface area contributed by atoms with Crippen LogP contribution in [0.15, 0.2) is 6.07 Å². The number of rotatable bonds is 3. The molecule has 0 aliphatic carbocycles. The summed E-state index contributed by atoms with van der Waals surface area (Å²) in [5, 5.41) is 7.37. The summed E-state index contributed by atoms with van der Waals surface area (Å²) in [5.74, 6) is -0.610. The summed E-state index contributed by atoms with van der Waals surface area (Å²) in [6.45, 7) is 2.56. The van der Waals surface area contributed by atoms with Gasteiger partial charge in [-0.2, -0.15) is 0 Å². The lowest BCUT2D eigenvalue weighted by molar-refractivity contribution is -0.119. The molecule has 0 bridgehead atoms. The van der Waals surface area contributed by atoms with Gasteiger partial charge in [0.1, 0.15) is 0 Å². The van der Waals surface area contributed by atoms with E-state index in [1.54, 1.807) is 4.90 Å². The van der Waals surface area contributed by atoms with E-state index >= 15 is 0 Å². The van der Waals surface area contributed by atoms with Gasteiger partial charge in [0, 0.05) is 26.2 Å². The van der Waals surface area contributed by atoms with Crippen molar-refractivity contribution in [3.8, 4) is 0 Å². The summed E-state index contributed by atoms with van der Waals surface area (Å²) in [6, 6.07) is 1.41. The van der Waals surface area contributed by atoms with Crippen molar-refractivity contribution in [3.05, 3.63) is 21.9 Å². The van der Waals surface area contributed by atoms with Crippen LogP contribution >= 0.6 is 23.2 Å². The predicted molar refractivity (Wildman–Crippen MR) is 78.2 cm³/mol. The first kappa shape index (κ1) is 15.9. The Morgan fingerprint density at radius 3 is 2.67 bits per heavy atom. The number of aromatic nitrogens is 2. The topological polar surface area (TPSA) is 92.4 Å². The van der Waals surface area contributed by atoms with Crippen molar-refractivity contribution in [2.75, 3.05) is 32.7 Å². The molecule has 21 heavy (non-hydrogen) atoms. The number of hydrogen-bond acceptors (Lipinski definition) is 5. The zero-order valence-corrected chi connectivity index (χ0v) is 12.8. The van der Waals surface area contributed by atoms with Gasteiger partial charge in [-0.15, -0.1) is 10.2 Å². The molecule has 0 atom stereocenters. The monoisotopic (exact) mass is 331 g/mol. The summed E-state index contributed by atoms with van der Waals surface area (Å²) >= 11 is 11.6. The average molecular weight is 332 g/mol. The van der Waals surface area contributed by atoms with Crippen LogP contribution in [0, 0.1) is 0 Å². The molecule has 2 rings (SSSR count). The normalized spacial score (nSPS) is 16.6. The van der Waals surface area contributed by atoms with E-state index in [1.807, 2.05) is 4.90 Å². The van der Waals surface area contributed by atoms with Crippen molar-refractivity contribution in [2.24, 2.45) is 5.73 Å². The molecule has 0 spiro atoms. The largest absolute Gasteiger partial charge is 0.369 e. The fourth-order valence-corrected chi connectivity index (χ4v) is 2.55. The van der Waals surface area contributed by atoms with Gasteiger partial charge in [0.05, 0.1) is 12.1 Å². The van der Waals surface area contributed by atoms with Crippen molar-refractivity contribution in [1.29, 1.82) is 0 Å². The third-order valence-corrected chi connectivity index (χ3v) is 3.67. The fourth-order valence-electron chi connectivity index (χ4n) is 2.23. The summed E-state index contributed by atoms with van der Waals surface area (Å²) in [4.78, 5) is 27.0. The van der Waals surface area contributed by atoms with Gasteiger partial charge in [-0.05, 0) is 12.5 Å². The lowest BCUT2D eigenvalue weighted by Crippen LogP contribution is -2.38. The Hall–Kier alpha value is -1.44. The zero-order valence-electron chi connectivity index (χ0n) is 11.3. The van der Waals surface area contributed by atoms with Gasteiger partial charge in [0.25, 0.3) is 5.91 Å². The standard InChI is InChI=1S/C12H15Cl2N5O2/c13-9-6-8(11(14)17-16-9)12(21)19-3-1-2-18(4-5-19)7-10(15)20/h6H,1-5,7H2,(H2,15,20). The number of nitrogens with two attached hydrogens (primary N) is 1. The molecule has 2 heterocycles. The molecule has 0 saturated carbocycles. The molecule has 2 N–H and O–H groups in total.